The van der Waals surface area contributed by atoms with E-state index in [1.165, 1.54) is 23.6 Å². The third kappa shape index (κ3) is 5.44. The van der Waals surface area contributed by atoms with Crippen LogP contribution >= 0.6 is 23.4 Å². The molecule has 0 radical (unpaired) electrons. The second-order valence-corrected chi connectivity index (χ2v) is 9.00. The van der Waals surface area contributed by atoms with Crippen molar-refractivity contribution >= 4 is 35.1 Å². The van der Waals surface area contributed by atoms with E-state index in [1.54, 1.807) is 13.2 Å². The van der Waals surface area contributed by atoms with Gasteiger partial charge in [0, 0.05) is 41.9 Å². The Morgan fingerprint density at radius 2 is 2.16 bits per heavy atom. The molecule has 1 aliphatic carbocycles. The minimum absolute atomic E-state index is 0.0975. The van der Waals surface area contributed by atoms with Crippen molar-refractivity contribution in [3.05, 3.63) is 45.5 Å². The summed E-state index contributed by atoms with van der Waals surface area (Å²) in [6.07, 6.45) is 2.64. The van der Waals surface area contributed by atoms with Crippen LogP contribution in [0.4, 0.5) is 0 Å². The maximum Gasteiger partial charge on any atom is 0.225 e. The number of benzene rings is 1. The van der Waals surface area contributed by atoms with E-state index < -0.39 is 5.37 Å². The number of allylic oxidation sites excluding steroid dienone is 3. The first-order valence-corrected chi connectivity index (χ1v) is 11.3. The van der Waals surface area contributed by atoms with Crippen LogP contribution in [0, 0.1) is 0 Å². The normalized spacial score (nSPS) is 18.4. The molecular weight excluding hydrogens is 440 g/mol. The molecule has 7 nitrogen and oxygen atoms in total. The average Bonchev–Trinajstić information content (AvgIpc) is 3.11. The molecule has 0 spiro atoms. The standard InChI is InChI=1S/C22H27ClN2O5S/c1-14(27)25-21-18(28)11-15(23)12-20(21)31-22(25)17-13-16(29-3)5-6-19(17)30-10-4-7-24(2)8-9-26/h5-6,12-13,22,26H,4,7-11H2,1-3H3. The second-order valence-electron chi connectivity index (χ2n) is 7.40. The number of ketones is 1. The number of methoxy groups -OCH3 is 1. The van der Waals surface area contributed by atoms with Gasteiger partial charge in [0.25, 0.3) is 0 Å². The number of amides is 1. The number of likely N-dealkylation sites (N-methyl/N-ethyl adjacent to an activating group) is 1. The fourth-order valence-electron chi connectivity index (χ4n) is 3.57. The van der Waals surface area contributed by atoms with Gasteiger partial charge in [0.15, 0.2) is 5.78 Å². The lowest BCUT2D eigenvalue weighted by Gasteiger charge is -2.27. The number of ether oxygens (including phenoxy) is 2. The van der Waals surface area contributed by atoms with Gasteiger partial charge in [-0.2, -0.15) is 0 Å². The highest BCUT2D eigenvalue weighted by Crippen LogP contribution is 2.53. The van der Waals surface area contributed by atoms with E-state index in [4.69, 9.17) is 26.2 Å². The zero-order valence-electron chi connectivity index (χ0n) is 17.9. The molecule has 1 aliphatic heterocycles. The van der Waals surface area contributed by atoms with Gasteiger partial charge in [0.05, 0.1) is 20.3 Å². The Hall–Kier alpha value is -2.00. The predicted octanol–water partition coefficient (Wildman–Crippen LogP) is 3.29. The van der Waals surface area contributed by atoms with Crippen LogP contribution in [0.2, 0.25) is 0 Å². The minimum atomic E-state index is -0.451. The molecule has 1 amide bonds. The summed E-state index contributed by atoms with van der Waals surface area (Å²) in [5, 5.41) is 9.03. The second kappa shape index (κ2) is 10.5. The molecule has 1 aromatic carbocycles. The lowest BCUT2D eigenvalue weighted by molar-refractivity contribution is -0.130. The van der Waals surface area contributed by atoms with E-state index in [0.29, 0.717) is 40.3 Å². The number of hydrogen-bond acceptors (Lipinski definition) is 7. The molecule has 0 saturated carbocycles. The first-order valence-electron chi connectivity index (χ1n) is 10.1. The summed E-state index contributed by atoms with van der Waals surface area (Å²) < 4.78 is 11.5. The molecule has 0 saturated heterocycles. The molecule has 2 aliphatic rings. The van der Waals surface area contributed by atoms with Crippen LogP contribution in [-0.4, -0.2) is 67.1 Å². The number of carbonyl (C=O) groups excluding carboxylic acids is 2. The van der Waals surface area contributed by atoms with Gasteiger partial charge >= 0.3 is 0 Å². The van der Waals surface area contributed by atoms with Gasteiger partial charge in [0.2, 0.25) is 5.91 Å². The first kappa shape index (κ1) is 23.7. The molecule has 9 heteroatoms. The lowest BCUT2D eigenvalue weighted by Crippen LogP contribution is -2.32. The molecular formula is C22H27ClN2O5S. The molecule has 1 heterocycles. The van der Waals surface area contributed by atoms with Crippen LogP contribution in [0.5, 0.6) is 11.5 Å². The fourth-order valence-corrected chi connectivity index (χ4v) is 5.31. The maximum absolute atomic E-state index is 12.6. The van der Waals surface area contributed by atoms with Crippen molar-refractivity contribution in [2.75, 3.05) is 40.5 Å². The average molecular weight is 467 g/mol. The summed E-state index contributed by atoms with van der Waals surface area (Å²) in [5.74, 6) is 0.891. The molecule has 0 aromatic heterocycles. The van der Waals surface area contributed by atoms with Gasteiger partial charge in [-0.3, -0.25) is 14.5 Å². The summed E-state index contributed by atoms with van der Waals surface area (Å²) in [6.45, 7) is 3.45. The molecule has 1 atom stereocenters. The Labute approximate surface area is 191 Å². The quantitative estimate of drug-likeness (QED) is 0.559. The third-order valence-electron chi connectivity index (χ3n) is 5.07. The maximum atomic E-state index is 12.6. The number of Topliss-reactive ketones (excluding diaryl/α,β-unsaturated/α-hetero) is 1. The summed E-state index contributed by atoms with van der Waals surface area (Å²) >= 11 is 7.54. The van der Waals surface area contributed by atoms with Gasteiger partial charge in [-0.15, -0.1) is 0 Å². The molecule has 1 N–H and O–H groups in total. The van der Waals surface area contributed by atoms with Crippen LogP contribution in [0.3, 0.4) is 0 Å². The van der Waals surface area contributed by atoms with E-state index >= 15 is 0 Å². The molecule has 168 valence electrons. The highest BCUT2D eigenvalue weighted by Gasteiger charge is 2.41. The highest BCUT2D eigenvalue weighted by atomic mass is 35.5. The van der Waals surface area contributed by atoms with Crippen molar-refractivity contribution in [1.82, 2.24) is 9.80 Å². The molecule has 31 heavy (non-hydrogen) atoms. The van der Waals surface area contributed by atoms with Gasteiger partial charge in [-0.1, -0.05) is 23.4 Å². The topological polar surface area (TPSA) is 79.3 Å². The zero-order chi connectivity index (χ0) is 22.5. The molecule has 3 rings (SSSR count). The number of halogens is 1. The number of aliphatic hydroxyl groups excluding tert-OH is 1. The Morgan fingerprint density at radius 1 is 1.39 bits per heavy atom. The van der Waals surface area contributed by atoms with Gasteiger partial charge in [-0.25, -0.2) is 0 Å². The van der Waals surface area contributed by atoms with Crippen molar-refractivity contribution in [2.45, 2.75) is 25.1 Å². The number of rotatable bonds is 9. The SMILES string of the molecule is COc1ccc(OCCCN(C)CCO)c(C2SC3=C(C(=O)CC(Cl)=C3)N2C(C)=O)c1. The van der Waals surface area contributed by atoms with Crippen molar-refractivity contribution in [1.29, 1.82) is 0 Å². The van der Waals surface area contributed by atoms with Crippen molar-refractivity contribution in [2.24, 2.45) is 0 Å². The summed E-state index contributed by atoms with van der Waals surface area (Å²) in [7, 11) is 3.53. The first-order chi connectivity index (χ1) is 14.8. The van der Waals surface area contributed by atoms with E-state index in [0.717, 1.165) is 18.5 Å². The Kier molecular flexibility index (Phi) is 8.05. The zero-order valence-corrected chi connectivity index (χ0v) is 19.5. The molecule has 1 unspecified atom stereocenters. The minimum Gasteiger partial charge on any atom is -0.497 e. The van der Waals surface area contributed by atoms with E-state index in [9.17, 15) is 9.59 Å². The largest absolute Gasteiger partial charge is 0.497 e. The van der Waals surface area contributed by atoms with Crippen molar-refractivity contribution < 1.29 is 24.2 Å². The molecule has 0 fully saturated rings. The number of aliphatic hydroxyl groups is 1. The predicted molar refractivity (Wildman–Crippen MR) is 121 cm³/mol. The number of carbonyl (C=O) groups is 2. The van der Waals surface area contributed by atoms with Crippen LogP contribution in [0.1, 0.15) is 30.7 Å². The van der Waals surface area contributed by atoms with Crippen molar-refractivity contribution in [3.63, 3.8) is 0 Å². The smallest absolute Gasteiger partial charge is 0.225 e. The number of hydrogen-bond donors (Lipinski definition) is 1. The van der Waals surface area contributed by atoms with E-state index in [1.807, 2.05) is 30.1 Å². The Morgan fingerprint density at radius 3 is 2.84 bits per heavy atom. The van der Waals surface area contributed by atoms with Gasteiger partial charge in [0.1, 0.15) is 22.6 Å². The third-order valence-corrected chi connectivity index (χ3v) is 6.57. The van der Waals surface area contributed by atoms with Gasteiger partial charge in [-0.05, 0) is 37.7 Å². The van der Waals surface area contributed by atoms with Crippen LogP contribution < -0.4 is 9.47 Å². The summed E-state index contributed by atoms with van der Waals surface area (Å²) in [6, 6.07) is 5.48. The van der Waals surface area contributed by atoms with Crippen LogP contribution in [0.15, 0.2) is 39.9 Å². The monoisotopic (exact) mass is 466 g/mol. The van der Waals surface area contributed by atoms with E-state index in [-0.39, 0.29) is 24.7 Å². The molecule has 1 aromatic rings. The Balaban J connectivity index is 1.85. The summed E-state index contributed by atoms with van der Waals surface area (Å²) in [4.78, 5) is 29.4. The highest BCUT2D eigenvalue weighted by molar-refractivity contribution is 8.03. The number of nitrogens with zero attached hydrogens (tertiary/aromatic N) is 2. The lowest BCUT2D eigenvalue weighted by atomic mass is 10.1. The van der Waals surface area contributed by atoms with E-state index in [2.05, 4.69) is 0 Å². The van der Waals surface area contributed by atoms with Crippen LogP contribution in [-0.2, 0) is 9.59 Å². The van der Waals surface area contributed by atoms with Crippen molar-refractivity contribution in [3.8, 4) is 11.5 Å². The number of thioether (sulfide) groups is 1. The fraction of sp³-hybridized carbons (Fsp3) is 0.455. The van der Waals surface area contributed by atoms with Gasteiger partial charge < -0.3 is 19.5 Å². The molecule has 0 bridgehead atoms. The Bertz CT molecular complexity index is 917. The van der Waals surface area contributed by atoms with Crippen LogP contribution in [0.25, 0.3) is 0 Å². The summed E-state index contributed by atoms with van der Waals surface area (Å²) in [5.41, 5.74) is 1.15.